The van der Waals surface area contributed by atoms with Crippen LogP contribution in [-0.2, 0) is 29.1 Å². The normalized spacial score (nSPS) is 29.0. The number of ether oxygens (including phenoxy) is 1. The molecule has 4 amide bonds. The molecule has 12 heteroatoms. The van der Waals surface area contributed by atoms with Crippen molar-refractivity contribution in [1.29, 1.82) is 0 Å². The molecule has 2 heterocycles. The van der Waals surface area contributed by atoms with Crippen molar-refractivity contribution in [3.63, 3.8) is 0 Å². The summed E-state index contributed by atoms with van der Waals surface area (Å²) in [6.45, 7) is 7.52. The molecule has 0 spiro atoms. The number of sulfonamides is 1. The molecule has 1 aromatic rings. The van der Waals surface area contributed by atoms with Crippen molar-refractivity contribution >= 4 is 39.5 Å². The first-order chi connectivity index (χ1) is 18.7. The highest BCUT2D eigenvalue weighted by Crippen LogP contribution is 2.48. The first-order valence-corrected chi connectivity index (χ1v) is 15.5. The second-order valence-electron chi connectivity index (χ2n) is 12.3. The third-order valence-electron chi connectivity index (χ3n) is 7.68. The summed E-state index contributed by atoms with van der Waals surface area (Å²) in [6.07, 6.45) is 4.07. The summed E-state index contributed by atoms with van der Waals surface area (Å²) in [5.41, 5.74) is -2.06. The number of fused-ring (bicyclic) bond motifs is 2. The summed E-state index contributed by atoms with van der Waals surface area (Å²) in [5.74, 6) is -1.83. The molecule has 1 saturated carbocycles. The van der Waals surface area contributed by atoms with Crippen LogP contribution >= 0.6 is 0 Å². The summed E-state index contributed by atoms with van der Waals surface area (Å²) < 4.78 is 34.4. The first-order valence-electron chi connectivity index (χ1n) is 14.0. The Morgan fingerprint density at radius 1 is 1.10 bits per heavy atom. The van der Waals surface area contributed by atoms with E-state index in [1.54, 1.807) is 26.8 Å². The third kappa shape index (κ3) is 6.76. The van der Waals surface area contributed by atoms with Crippen LogP contribution in [0.4, 0.5) is 10.5 Å². The molecule has 0 bridgehead atoms. The van der Waals surface area contributed by atoms with E-state index in [9.17, 15) is 27.6 Å². The standard InChI is InChI=1S/C28H40N4O7S/c1-18-15-21(32(17-18)26(36)39-27(2,3)4)24(34)30-28-16-19(28)11-7-5-6-8-14-23(33)29-20-12-9-10-13-22(20)40(37,38)31-25(28)35/h9-10,12-13,18-19,21H,5-8,11,14-17H2,1-4H3,(H,29,33)(H,30,34)(H,31,35)/t18-,19-,21+,28-/m1/s1. The van der Waals surface area contributed by atoms with Gasteiger partial charge in [0.2, 0.25) is 11.8 Å². The van der Waals surface area contributed by atoms with E-state index in [0.29, 0.717) is 32.2 Å². The highest BCUT2D eigenvalue weighted by atomic mass is 32.2. The van der Waals surface area contributed by atoms with E-state index < -0.39 is 45.1 Å². The van der Waals surface area contributed by atoms with Crippen molar-refractivity contribution in [1.82, 2.24) is 14.9 Å². The maximum absolute atomic E-state index is 13.6. The number of nitrogens with zero attached hydrogens (tertiary/aromatic N) is 1. The van der Waals surface area contributed by atoms with E-state index in [0.717, 1.165) is 19.3 Å². The number of amides is 4. The van der Waals surface area contributed by atoms with Crippen LogP contribution in [0.2, 0.25) is 0 Å². The van der Waals surface area contributed by atoms with Crippen molar-refractivity contribution in [2.45, 2.75) is 101 Å². The minimum absolute atomic E-state index is 0.0459. The van der Waals surface area contributed by atoms with Crippen molar-refractivity contribution in [2.24, 2.45) is 11.8 Å². The molecule has 1 aromatic carbocycles. The van der Waals surface area contributed by atoms with Gasteiger partial charge in [-0.05, 0) is 70.4 Å². The molecule has 40 heavy (non-hydrogen) atoms. The predicted octanol–water partition coefficient (Wildman–Crippen LogP) is 3.30. The van der Waals surface area contributed by atoms with Gasteiger partial charge in [-0.3, -0.25) is 19.3 Å². The smallest absolute Gasteiger partial charge is 0.410 e. The zero-order valence-corrected chi connectivity index (χ0v) is 24.4. The van der Waals surface area contributed by atoms with Gasteiger partial charge in [-0.15, -0.1) is 0 Å². The molecule has 4 atom stereocenters. The largest absolute Gasteiger partial charge is 0.444 e. The van der Waals surface area contributed by atoms with Gasteiger partial charge in [-0.25, -0.2) is 17.9 Å². The van der Waals surface area contributed by atoms with E-state index in [1.165, 1.54) is 23.1 Å². The van der Waals surface area contributed by atoms with Crippen LogP contribution in [0.15, 0.2) is 29.2 Å². The minimum Gasteiger partial charge on any atom is -0.444 e. The number of rotatable bonds is 2. The highest BCUT2D eigenvalue weighted by Gasteiger charge is 2.62. The van der Waals surface area contributed by atoms with E-state index in [4.69, 9.17) is 4.74 Å². The van der Waals surface area contributed by atoms with Gasteiger partial charge in [-0.2, -0.15) is 0 Å². The first kappa shape index (κ1) is 29.8. The fourth-order valence-electron chi connectivity index (χ4n) is 5.60. The number of anilines is 1. The second kappa shape index (κ2) is 11.4. The SMILES string of the molecule is C[C@@H]1C[C@@H](C(=O)N[C@]23C[C@H]2CCCCCCC(=O)Nc2ccccc2S(=O)(=O)NC3=O)N(C(=O)OC(C)(C)C)C1. The Hall–Kier alpha value is -3.15. The van der Waals surface area contributed by atoms with Gasteiger partial charge < -0.3 is 15.4 Å². The number of carbonyl (C=O) groups is 4. The molecule has 3 N–H and O–H groups in total. The Morgan fingerprint density at radius 3 is 2.52 bits per heavy atom. The van der Waals surface area contributed by atoms with Crippen LogP contribution in [0.25, 0.3) is 0 Å². The zero-order chi connectivity index (χ0) is 29.3. The lowest BCUT2D eigenvalue weighted by Crippen LogP contribution is -2.56. The van der Waals surface area contributed by atoms with E-state index >= 15 is 0 Å². The van der Waals surface area contributed by atoms with Crippen molar-refractivity contribution in [2.75, 3.05) is 11.9 Å². The number of hydrogen-bond acceptors (Lipinski definition) is 7. The van der Waals surface area contributed by atoms with E-state index in [2.05, 4.69) is 15.4 Å². The fourth-order valence-corrected chi connectivity index (χ4v) is 6.80. The molecule has 0 aromatic heterocycles. The molecule has 2 aliphatic heterocycles. The Bertz CT molecular complexity index is 1280. The predicted molar refractivity (Wildman–Crippen MR) is 148 cm³/mol. The van der Waals surface area contributed by atoms with Crippen LogP contribution in [0, 0.1) is 11.8 Å². The maximum atomic E-state index is 13.6. The van der Waals surface area contributed by atoms with E-state index in [1.807, 2.05) is 6.92 Å². The highest BCUT2D eigenvalue weighted by molar-refractivity contribution is 7.90. The minimum atomic E-state index is -4.37. The van der Waals surface area contributed by atoms with Crippen molar-refractivity contribution < 1.29 is 32.3 Å². The van der Waals surface area contributed by atoms with Crippen LogP contribution in [0.5, 0.6) is 0 Å². The average molecular weight is 577 g/mol. The van der Waals surface area contributed by atoms with Gasteiger partial charge in [0.15, 0.2) is 0 Å². The van der Waals surface area contributed by atoms with E-state index in [-0.39, 0.29) is 34.7 Å². The molecule has 1 saturated heterocycles. The monoisotopic (exact) mass is 576 g/mol. The topological polar surface area (TPSA) is 151 Å². The summed E-state index contributed by atoms with van der Waals surface area (Å²) in [5, 5.41) is 5.50. The molecular formula is C28H40N4O7S. The van der Waals surface area contributed by atoms with Gasteiger partial charge >= 0.3 is 6.09 Å². The molecular weight excluding hydrogens is 536 g/mol. The molecule has 1 aliphatic carbocycles. The molecule has 11 nitrogen and oxygen atoms in total. The van der Waals surface area contributed by atoms with Gasteiger partial charge in [-0.1, -0.05) is 38.3 Å². The van der Waals surface area contributed by atoms with Crippen LogP contribution in [-0.4, -0.2) is 60.9 Å². The summed E-state index contributed by atoms with van der Waals surface area (Å²) in [7, 11) is -4.37. The molecule has 220 valence electrons. The number of para-hydroxylation sites is 1. The lowest BCUT2D eigenvalue weighted by Gasteiger charge is -2.29. The van der Waals surface area contributed by atoms with Crippen LogP contribution in [0.1, 0.15) is 79.1 Å². The molecule has 2 fully saturated rings. The molecule has 4 rings (SSSR count). The lowest BCUT2D eigenvalue weighted by atomic mass is 10.0. The number of likely N-dealkylation sites (tertiary alicyclic amines) is 1. The summed E-state index contributed by atoms with van der Waals surface area (Å²) >= 11 is 0. The fraction of sp³-hybridized carbons (Fsp3) is 0.643. The maximum Gasteiger partial charge on any atom is 0.410 e. The molecule has 0 radical (unpaired) electrons. The van der Waals surface area contributed by atoms with Crippen LogP contribution in [0.3, 0.4) is 0 Å². The number of carbonyl (C=O) groups excluding carboxylic acids is 4. The molecule has 0 unspecified atom stereocenters. The van der Waals surface area contributed by atoms with Gasteiger partial charge in [0, 0.05) is 13.0 Å². The third-order valence-corrected chi connectivity index (χ3v) is 9.07. The Kier molecular flexibility index (Phi) is 8.49. The van der Waals surface area contributed by atoms with Gasteiger partial charge in [0.05, 0.1) is 5.69 Å². The summed E-state index contributed by atoms with van der Waals surface area (Å²) in [6, 6.07) is 5.06. The molecule has 3 aliphatic rings. The number of hydrogen-bond donors (Lipinski definition) is 3. The number of benzene rings is 1. The van der Waals surface area contributed by atoms with Gasteiger partial charge in [0.1, 0.15) is 22.1 Å². The quantitative estimate of drug-likeness (QED) is 0.489. The van der Waals surface area contributed by atoms with Gasteiger partial charge in [0.25, 0.3) is 15.9 Å². The Balaban J connectivity index is 1.59. The number of nitrogens with one attached hydrogen (secondary N) is 3. The second-order valence-corrected chi connectivity index (χ2v) is 13.9. The Labute approximate surface area is 235 Å². The summed E-state index contributed by atoms with van der Waals surface area (Å²) in [4.78, 5) is 53.7. The van der Waals surface area contributed by atoms with Crippen LogP contribution < -0.4 is 15.4 Å². The zero-order valence-electron chi connectivity index (χ0n) is 23.6. The lowest BCUT2D eigenvalue weighted by molar-refractivity contribution is -0.132. The van der Waals surface area contributed by atoms with Crippen molar-refractivity contribution in [3.05, 3.63) is 24.3 Å². The van der Waals surface area contributed by atoms with Crippen molar-refractivity contribution in [3.8, 4) is 0 Å². The Morgan fingerprint density at radius 2 is 1.80 bits per heavy atom. The average Bonchev–Trinajstić information content (AvgIpc) is 3.39.